The van der Waals surface area contributed by atoms with Gasteiger partial charge in [-0.2, -0.15) is 0 Å². The minimum atomic E-state index is -0.445. The summed E-state index contributed by atoms with van der Waals surface area (Å²) in [5.74, 6) is 0.0464. The molecule has 0 aromatic heterocycles. The molecule has 0 heterocycles. The Bertz CT molecular complexity index is 280. The van der Waals surface area contributed by atoms with Crippen molar-refractivity contribution in [3.05, 3.63) is 24.0 Å². The number of nitrogens with one attached hydrogen (secondary N) is 1. The van der Waals surface area contributed by atoms with E-state index in [9.17, 15) is 4.79 Å². The Morgan fingerprint density at radius 2 is 2.21 bits per heavy atom. The van der Waals surface area contributed by atoms with Gasteiger partial charge in [-0.15, -0.1) is 0 Å². The minimum Gasteiger partial charge on any atom is -0.464 e. The number of hydrogen-bond donors (Lipinski definition) is 2. The molecule has 0 aliphatic rings. The summed E-state index contributed by atoms with van der Waals surface area (Å²) in [4.78, 5) is 15.0. The summed E-state index contributed by atoms with van der Waals surface area (Å²) in [5, 5.41) is 2.77. The Morgan fingerprint density at radius 3 is 2.57 bits per heavy atom. The number of carbonyl (C=O) groups is 1. The Labute approximate surface area is 83.3 Å². The van der Waals surface area contributed by atoms with Gasteiger partial charge in [0.2, 0.25) is 0 Å². The first-order valence-electron chi connectivity index (χ1n) is 4.06. The molecule has 0 aromatic rings. The Hall–Kier alpha value is -1.78. The van der Waals surface area contributed by atoms with Crippen LogP contribution in [0.4, 0.5) is 0 Å². The number of ether oxygens (including phenoxy) is 1. The molecule has 0 bridgehead atoms. The number of nitrogens with zero attached hydrogens (tertiary/aromatic N) is 1. The van der Waals surface area contributed by atoms with Crippen molar-refractivity contribution in [3.8, 4) is 0 Å². The van der Waals surface area contributed by atoms with Crippen molar-refractivity contribution in [2.75, 3.05) is 14.2 Å². The van der Waals surface area contributed by atoms with Crippen LogP contribution in [-0.4, -0.2) is 26.0 Å². The zero-order valence-electron chi connectivity index (χ0n) is 8.57. The topological polar surface area (TPSA) is 76.7 Å². The first-order valence-corrected chi connectivity index (χ1v) is 4.06. The van der Waals surface area contributed by atoms with Gasteiger partial charge in [-0.1, -0.05) is 6.08 Å². The molecule has 0 aliphatic carbocycles. The fourth-order valence-electron chi connectivity index (χ4n) is 0.752. The summed E-state index contributed by atoms with van der Waals surface area (Å²) in [5.41, 5.74) is 5.52. The molecule has 14 heavy (non-hydrogen) atoms. The maximum atomic E-state index is 11.1. The third-order valence-electron chi connectivity index (χ3n) is 1.45. The highest BCUT2D eigenvalue weighted by Gasteiger charge is 2.08. The van der Waals surface area contributed by atoms with E-state index < -0.39 is 5.97 Å². The molecule has 0 saturated heterocycles. The van der Waals surface area contributed by atoms with Gasteiger partial charge in [-0.3, -0.25) is 4.99 Å². The molecule has 0 spiro atoms. The van der Waals surface area contributed by atoms with Crippen molar-refractivity contribution in [2.45, 2.75) is 6.92 Å². The Morgan fingerprint density at radius 1 is 1.57 bits per heavy atom. The van der Waals surface area contributed by atoms with Crippen LogP contribution in [0.25, 0.3) is 0 Å². The van der Waals surface area contributed by atoms with E-state index in [1.165, 1.54) is 13.3 Å². The van der Waals surface area contributed by atoms with Crippen molar-refractivity contribution in [2.24, 2.45) is 10.7 Å². The lowest BCUT2D eigenvalue weighted by molar-refractivity contribution is -0.136. The van der Waals surface area contributed by atoms with Crippen LogP contribution in [0.5, 0.6) is 0 Å². The maximum Gasteiger partial charge on any atom is 0.354 e. The number of carbonyl (C=O) groups excluding carboxylic acids is 1. The molecule has 0 aliphatic heterocycles. The van der Waals surface area contributed by atoms with Crippen LogP contribution in [-0.2, 0) is 9.53 Å². The lowest BCUT2D eigenvalue weighted by Crippen LogP contribution is -2.26. The molecule has 0 saturated carbocycles. The van der Waals surface area contributed by atoms with E-state index in [4.69, 9.17) is 5.73 Å². The first-order chi connectivity index (χ1) is 6.69. The lowest BCUT2D eigenvalue weighted by Gasteiger charge is -2.07. The second kappa shape index (κ2) is 6.71. The van der Waals surface area contributed by atoms with Gasteiger partial charge in [0.15, 0.2) is 0 Å². The number of hydrogen-bond acceptors (Lipinski definition) is 4. The molecule has 5 heteroatoms. The van der Waals surface area contributed by atoms with Crippen LogP contribution >= 0.6 is 0 Å². The van der Waals surface area contributed by atoms with E-state index >= 15 is 0 Å². The summed E-state index contributed by atoms with van der Waals surface area (Å²) >= 11 is 0. The number of nitrogens with two attached hydrogens (primary N) is 1. The fraction of sp³-hybridized carbons (Fsp3) is 0.333. The maximum absolute atomic E-state index is 11.1. The summed E-state index contributed by atoms with van der Waals surface area (Å²) in [6.07, 6.45) is 4.48. The molecule has 3 N–H and O–H groups in total. The van der Waals surface area contributed by atoms with Crippen molar-refractivity contribution in [3.63, 3.8) is 0 Å². The van der Waals surface area contributed by atoms with Crippen LogP contribution in [0.1, 0.15) is 6.92 Å². The molecule has 78 valence electrons. The second-order valence-electron chi connectivity index (χ2n) is 2.29. The summed E-state index contributed by atoms with van der Waals surface area (Å²) in [6.45, 7) is 1.72. The van der Waals surface area contributed by atoms with Gasteiger partial charge in [0.05, 0.1) is 7.11 Å². The number of esters is 1. The highest BCUT2D eigenvalue weighted by atomic mass is 16.5. The van der Waals surface area contributed by atoms with Gasteiger partial charge in [0.1, 0.15) is 11.5 Å². The minimum absolute atomic E-state index is 0.325. The number of methoxy groups -OCH3 is 1. The van der Waals surface area contributed by atoms with E-state index in [2.05, 4.69) is 15.0 Å². The molecule has 0 unspecified atom stereocenters. The molecule has 0 radical (unpaired) electrons. The average Bonchev–Trinajstić information content (AvgIpc) is 2.23. The third-order valence-corrected chi connectivity index (χ3v) is 1.45. The van der Waals surface area contributed by atoms with Gasteiger partial charge in [-0.25, -0.2) is 4.79 Å². The fourth-order valence-corrected chi connectivity index (χ4v) is 0.752. The van der Waals surface area contributed by atoms with Crippen LogP contribution in [0, 0.1) is 0 Å². The molecule has 0 fully saturated rings. The molecule has 0 rings (SSSR count). The third kappa shape index (κ3) is 3.75. The van der Waals surface area contributed by atoms with Gasteiger partial charge in [0.25, 0.3) is 0 Å². The largest absolute Gasteiger partial charge is 0.464 e. The lowest BCUT2D eigenvalue weighted by atomic mass is 10.4. The van der Waals surface area contributed by atoms with Crippen molar-refractivity contribution >= 4 is 11.8 Å². The molecule has 0 amide bonds. The highest BCUT2D eigenvalue weighted by molar-refractivity contribution is 6.00. The second-order valence-corrected chi connectivity index (χ2v) is 2.29. The smallest absolute Gasteiger partial charge is 0.354 e. The number of aliphatic imine (C=N–C) groups is 1. The van der Waals surface area contributed by atoms with E-state index in [0.29, 0.717) is 11.5 Å². The van der Waals surface area contributed by atoms with Crippen LogP contribution < -0.4 is 11.1 Å². The van der Waals surface area contributed by atoms with Crippen LogP contribution in [0.3, 0.4) is 0 Å². The predicted octanol–water partition coefficient (Wildman–Crippen LogP) is 0.153. The van der Waals surface area contributed by atoms with Crippen LogP contribution in [0.2, 0.25) is 0 Å². The number of rotatable bonds is 3. The zero-order chi connectivity index (χ0) is 11.0. The van der Waals surface area contributed by atoms with Gasteiger partial charge >= 0.3 is 5.97 Å². The van der Waals surface area contributed by atoms with Gasteiger partial charge < -0.3 is 15.8 Å². The van der Waals surface area contributed by atoms with Gasteiger partial charge in [-0.05, 0) is 19.2 Å². The first kappa shape index (κ1) is 12.2. The molecular formula is C9H15N3O2. The standard InChI is InChI=1S/C9H15N3O2/c1-4-7(9(13)14-3)12-8(11-2)5-6-10/h4-6H,10H2,1-3H3,(H,11,12)/b6-5+,7-4-. The van der Waals surface area contributed by atoms with Gasteiger partial charge in [0, 0.05) is 7.05 Å². The summed E-state index contributed by atoms with van der Waals surface area (Å²) < 4.78 is 4.55. The Kier molecular flexibility index (Phi) is 5.85. The summed E-state index contributed by atoms with van der Waals surface area (Å²) in [6, 6.07) is 0. The monoisotopic (exact) mass is 197 g/mol. The molecule has 0 aromatic carbocycles. The van der Waals surface area contributed by atoms with Crippen molar-refractivity contribution < 1.29 is 9.53 Å². The van der Waals surface area contributed by atoms with E-state index in [-0.39, 0.29) is 0 Å². The predicted molar refractivity (Wildman–Crippen MR) is 55.6 cm³/mol. The highest BCUT2D eigenvalue weighted by Crippen LogP contribution is 1.93. The van der Waals surface area contributed by atoms with E-state index in [1.54, 1.807) is 26.1 Å². The van der Waals surface area contributed by atoms with Crippen molar-refractivity contribution in [1.82, 2.24) is 5.32 Å². The Balaban J connectivity index is 4.55. The quantitative estimate of drug-likeness (QED) is 0.292. The number of amidine groups is 1. The van der Waals surface area contributed by atoms with Crippen LogP contribution in [0.15, 0.2) is 29.0 Å². The summed E-state index contributed by atoms with van der Waals surface area (Å²) in [7, 11) is 2.90. The molecular weight excluding hydrogens is 182 g/mol. The normalized spacial score (nSPS) is 13.1. The van der Waals surface area contributed by atoms with E-state index in [1.807, 2.05) is 0 Å². The van der Waals surface area contributed by atoms with Crippen molar-refractivity contribution in [1.29, 1.82) is 0 Å². The zero-order valence-corrected chi connectivity index (χ0v) is 8.57. The number of allylic oxidation sites excluding steroid dienone is 1. The SMILES string of the molecule is C/C=C(\NC(/C=C/N)=NC)C(=O)OC. The average molecular weight is 197 g/mol. The molecule has 5 nitrogen and oxygen atoms in total. The molecule has 0 atom stereocenters. The van der Waals surface area contributed by atoms with E-state index in [0.717, 1.165) is 0 Å².